The maximum absolute atomic E-state index is 13.6. The number of aryl methyl sites for hydroxylation is 2. The number of hydrogen-bond donors (Lipinski definition) is 1. The number of halogens is 2. The average Bonchev–Trinajstić information content (AvgIpc) is 2.82. The van der Waals surface area contributed by atoms with Crippen molar-refractivity contribution >= 4 is 35.0 Å². The van der Waals surface area contributed by atoms with Gasteiger partial charge in [-0.25, -0.2) is 0 Å². The van der Waals surface area contributed by atoms with E-state index in [1.165, 1.54) is 0 Å². The van der Waals surface area contributed by atoms with Gasteiger partial charge in [-0.2, -0.15) is 0 Å². The van der Waals surface area contributed by atoms with Gasteiger partial charge in [0.25, 0.3) is 0 Å². The van der Waals surface area contributed by atoms with Crippen LogP contribution >= 0.6 is 23.2 Å². The summed E-state index contributed by atoms with van der Waals surface area (Å²) in [5.74, 6) is -0.165. The third kappa shape index (κ3) is 6.78. The number of carbonyl (C=O) groups is 2. The van der Waals surface area contributed by atoms with Gasteiger partial charge < -0.3 is 15.5 Å². The molecule has 3 atom stereocenters. The van der Waals surface area contributed by atoms with Gasteiger partial charge in [-0.15, -0.1) is 0 Å². The van der Waals surface area contributed by atoms with E-state index < -0.39 is 12.1 Å². The number of rotatable bonds is 9. The summed E-state index contributed by atoms with van der Waals surface area (Å²) in [5.41, 5.74) is 10.4. The van der Waals surface area contributed by atoms with E-state index in [4.69, 9.17) is 28.9 Å². The van der Waals surface area contributed by atoms with Gasteiger partial charge in [0.1, 0.15) is 6.04 Å². The topological polar surface area (TPSA) is 66.6 Å². The van der Waals surface area contributed by atoms with E-state index in [-0.39, 0.29) is 17.9 Å². The van der Waals surface area contributed by atoms with Crippen molar-refractivity contribution in [2.24, 2.45) is 5.73 Å². The van der Waals surface area contributed by atoms with Crippen LogP contribution in [0.3, 0.4) is 0 Å². The number of nitrogens with two attached hydrogens (primary N) is 1. The molecule has 3 rings (SSSR count). The van der Waals surface area contributed by atoms with Crippen LogP contribution < -0.4 is 5.73 Å². The van der Waals surface area contributed by atoms with E-state index in [2.05, 4.69) is 13.0 Å². The molecule has 0 radical (unpaired) electrons. The predicted molar refractivity (Wildman–Crippen MR) is 144 cm³/mol. The van der Waals surface area contributed by atoms with E-state index in [1.807, 2.05) is 56.0 Å². The monoisotopic (exact) mass is 517 g/mol. The fraction of sp³-hybridized carbons (Fsp3) is 0.500. The minimum Gasteiger partial charge on any atom is -0.336 e. The lowest BCUT2D eigenvalue weighted by atomic mass is 9.97. The van der Waals surface area contributed by atoms with Gasteiger partial charge in [-0.3, -0.25) is 9.59 Å². The molecule has 1 heterocycles. The van der Waals surface area contributed by atoms with E-state index in [0.29, 0.717) is 31.0 Å². The zero-order valence-electron chi connectivity index (χ0n) is 21.2. The van der Waals surface area contributed by atoms with Crippen LogP contribution in [-0.2, 0) is 22.4 Å². The van der Waals surface area contributed by atoms with E-state index >= 15 is 0 Å². The second-order valence-electron chi connectivity index (χ2n) is 9.76. The highest BCUT2D eigenvalue weighted by molar-refractivity contribution is 6.31. The first kappa shape index (κ1) is 27.5. The second kappa shape index (κ2) is 12.2. The molecule has 0 aromatic heterocycles. The molecule has 7 heteroatoms. The molecular formula is C28H37Cl2N3O2. The number of amides is 2. The Hall–Kier alpha value is -2.08. The van der Waals surface area contributed by atoms with Crippen molar-refractivity contribution in [3.8, 4) is 0 Å². The van der Waals surface area contributed by atoms with Crippen molar-refractivity contribution in [2.75, 3.05) is 13.1 Å². The van der Waals surface area contributed by atoms with Gasteiger partial charge >= 0.3 is 0 Å². The molecule has 0 bridgehead atoms. The number of nitrogens with zero attached hydrogens (tertiary/aromatic N) is 2. The quantitative estimate of drug-likeness (QED) is 0.487. The van der Waals surface area contributed by atoms with E-state index in [9.17, 15) is 9.59 Å². The van der Waals surface area contributed by atoms with Crippen LogP contribution in [0.15, 0.2) is 36.4 Å². The Morgan fingerprint density at radius 1 is 1.09 bits per heavy atom. The molecule has 1 aliphatic heterocycles. The molecule has 1 aliphatic rings. The lowest BCUT2D eigenvalue weighted by Gasteiger charge is -2.45. The molecule has 5 nitrogen and oxygen atoms in total. The van der Waals surface area contributed by atoms with Crippen molar-refractivity contribution in [1.29, 1.82) is 0 Å². The molecule has 2 aromatic carbocycles. The summed E-state index contributed by atoms with van der Waals surface area (Å²) in [5, 5.41) is 1.40. The molecule has 1 saturated heterocycles. The van der Waals surface area contributed by atoms with Crippen LogP contribution in [0, 0.1) is 13.8 Å². The van der Waals surface area contributed by atoms with Crippen molar-refractivity contribution in [1.82, 2.24) is 9.80 Å². The molecule has 1 fully saturated rings. The summed E-state index contributed by atoms with van der Waals surface area (Å²) in [6.07, 6.45) is 3.58. The summed E-state index contributed by atoms with van der Waals surface area (Å²) in [6, 6.07) is 10.5. The number of unbranched alkanes of at least 4 members (excludes halogenated alkanes) is 1. The van der Waals surface area contributed by atoms with Crippen LogP contribution in [0.25, 0.3) is 0 Å². The molecule has 35 heavy (non-hydrogen) atoms. The van der Waals surface area contributed by atoms with Crippen LogP contribution in [-0.4, -0.2) is 52.8 Å². The minimum absolute atomic E-state index is 0.00865. The number of benzene rings is 2. The third-order valence-electron chi connectivity index (χ3n) is 6.94. The van der Waals surface area contributed by atoms with Crippen molar-refractivity contribution in [2.45, 2.75) is 77.9 Å². The highest BCUT2D eigenvalue weighted by Crippen LogP contribution is 2.24. The Kier molecular flexibility index (Phi) is 9.62. The molecule has 0 spiro atoms. The van der Waals surface area contributed by atoms with Crippen molar-refractivity contribution in [3.05, 3.63) is 68.7 Å². The Labute approximate surface area is 219 Å². The normalized spacial score (nSPS) is 19.2. The zero-order chi connectivity index (χ0) is 25.7. The smallest absolute Gasteiger partial charge is 0.245 e. The van der Waals surface area contributed by atoms with Crippen molar-refractivity contribution in [3.63, 3.8) is 0 Å². The Morgan fingerprint density at radius 2 is 1.69 bits per heavy atom. The number of piperazine rings is 1. The highest BCUT2D eigenvalue weighted by atomic mass is 35.5. The molecular weight excluding hydrogens is 481 g/mol. The van der Waals surface area contributed by atoms with Gasteiger partial charge in [-0.05, 0) is 74.4 Å². The largest absolute Gasteiger partial charge is 0.336 e. The van der Waals surface area contributed by atoms with Crippen LogP contribution in [0.2, 0.25) is 10.0 Å². The fourth-order valence-corrected chi connectivity index (χ4v) is 5.07. The summed E-state index contributed by atoms with van der Waals surface area (Å²) in [7, 11) is 0. The first-order chi connectivity index (χ1) is 16.6. The summed E-state index contributed by atoms with van der Waals surface area (Å²) < 4.78 is 0. The minimum atomic E-state index is -0.723. The molecule has 2 amide bonds. The maximum atomic E-state index is 13.6. The van der Waals surface area contributed by atoms with Crippen LogP contribution in [0.1, 0.15) is 55.4 Å². The first-order valence-electron chi connectivity index (χ1n) is 12.5. The standard InChI is InChI=1S/C28H37Cl2N3O2/c1-5-6-7-26-28(35)32(13-12-21-10-8-18(2)23(29)14-21)20(4)17-33(26)27(34)25(31)16-22-11-9-19(3)24(30)15-22/h8-11,14-15,20,25-26H,5-7,12-13,16-17,31H2,1-4H3/t20-,25?,26?/m1/s1. The summed E-state index contributed by atoms with van der Waals surface area (Å²) >= 11 is 12.5. The molecule has 0 saturated carbocycles. The average molecular weight is 519 g/mol. The summed E-state index contributed by atoms with van der Waals surface area (Å²) in [6.45, 7) is 9.09. The number of carbonyl (C=O) groups excluding carboxylic acids is 2. The number of hydrogen-bond acceptors (Lipinski definition) is 3. The van der Waals surface area contributed by atoms with E-state index in [1.54, 1.807) is 4.90 Å². The SMILES string of the molecule is CCCCC1C(=O)N(CCc2ccc(C)c(Cl)c2)[C@H](C)CN1C(=O)C(N)Cc1ccc(C)c(Cl)c1. The predicted octanol–water partition coefficient (Wildman–Crippen LogP) is 5.34. The highest BCUT2D eigenvalue weighted by Gasteiger charge is 2.41. The van der Waals surface area contributed by atoms with Gasteiger partial charge in [0.2, 0.25) is 11.8 Å². The Morgan fingerprint density at radius 3 is 2.29 bits per heavy atom. The van der Waals surface area contributed by atoms with Gasteiger partial charge in [0.05, 0.1) is 6.04 Å². The lowest BCUT2D eigenvalue weighted by molar-refractivity contribution is -0.155. The molecule has 2 N–H and O–H groups in total. The Bertz CT molecular complexity index is 1060. The molecule has 2 aromatic rings. The third-order valence-corrected chi connectivity index (χ3v) is 7.75. The second-order valence-corrected chi connectivity index (χ2v) is 10.6. The fourth-order valence-electron chi connectivity index (χ4n) is 4.66. The Balaban J connectivity index is 1.73. The summed E-state index contributed by atoms with van der Waals surface area (Å²) in [4.78, 5) is 30.7. The first-order valence-corrected chi connectivity index (χ1v) is 13.2. The lowest BCUT2D eigenvalue weighted by Crippen LogP contribution is -2.64. The molecule has 190 valence electrons. The molecule has 2 unspecified atom stereocenters. The van der Waals surface area contributed by atoms with Crippen LogP contribution in [0.5, 0.6) is 0 Å². The van der Waals surface area contributed by atoms with Crippen molar-refractivity contribution < 1.29 is 9.59 Å². The zero-order valence-corrected chi connectivity index (χ0v) is 22.7. The van der Waals surface area contributed by atoms with E-state index in [0.717, 1.165) is 46.5 Å². The van der Waals surface area contributed by atoms with Crippen LogP contribution in [0.4, 0.5) is 0 Å². The van der Waals surface area contributed by atoms with Gasteiger partial charge in [-0.1, -0.05) is 67.2 Å². The maximum Gasteiger partial charge on any atom is 0.245 e. The van der Waals surface area contributed by atoms with Gasteiger partial charge in [0, 0.05) is 29.2 Å². The van der Waals surface area contributed by atoms with Gasteiger partial charge in [0.15, 0.2) is 0 Å². The molecule has 0 aliphatic carbocycles.